The third-order valence-corrected chi connectivity index (χ3v) is 3.21. The third kappa shape index (κ3) is 3.37. The molecule has 0 bridgehead atoms. The molecule has 0 spiro atoms. The van der Waals surface area contributed by atoms with Crippen LogP contribution in [-0.2, 0) is 6.54 Å². The van der Waals surface area contributed by atoms with Crippen molar-refractivity contribution in [2.24, 2.45) is 5.92 Å². The Bertz CT molecular complexity index is 339. The Labute approximate surface area is 97.2 Å². The van der Waals surface area contributed by atoms with E-state index in [-0.39, 0.29) is 0 Å². The van der Waals surface area contributed by atoms with Crippen molar-refractivity contribution in [1.82, 2.24) is 0 Å². The largest absolute Gasteiger partial charge is 0.624 e. The van der Waals surface area contributed by atoms with E-state index in [1.54, 1.807) is 0 Å². The summed E-state index contributed by atoms with van der Waals surface area (Å²) in [5, 5.41) is 11.7. The van der Waals surface area contributed by atoms with Gasteiger partial charge in [0.2, 0.25) is 0 Å². The lowest BCUT2D eigenvalue weighted by Crippen LogP contribution is -2.15. The summed E-state index contributed by atoms with van der Waals surface area (Å²) in [6.45, 7) is 0.483. The van der Waals surface area contributed by atoms with Crippen molar-refractivity contribution in [1.29, 1.82) is 0 Å². The molecule has 1 aliphatic carbocycles. The van der Waals surface area contributed by atoms with Gasteiger partial charge in [-0.2, -0.15) is 0 Å². The van der Waals surface area contributed by atoms with Gasteiger partial charge < -0.3 is 5.21 Å². The number of nitrogens with zero attached hydrogens (tertiary/aromatic N) is 1. The molecular weight excluding hydrogens is 198 g/mol. The van der Waals surface area contributed by atoms with E-state index in [0.717, 1.165) is 10.3 Å². The quantitative estimate of drug-likeness (QED) is 0.330. The molecule has 1 aromatic carbocycles. The standard InChI is InChI=1S/C14H19NO/c16-15(11-13-7-3-1-4-8-13)12-14-9-5-2-6-10-14/h1,3-4,7-8,12,14H,2,5-6,9-11H2/b15-12-. The molecule has 1 saturated carbocycles. The molecular formula is C14H19NO. The van der Waals surface area contributed by atoms with Crippen molar-refractivity contribution in [3.63, 3.8) is 0 Å². The summed E-state index contributed by atoms with van der Waals surface area (Å²) in [5.74, 6) is 0.509. The molecule has 16 heavy (non-hydrogen) atoms. The molecule has 0 heterocycles. The smallest absolute Gasteiger partial charge is 0.178 e. The Morgan fingerprint density at radius 2 is 1.81 bits per heavy atom. The van der Waals surface area contributed by atoms with Crippen LogP contribution in [0.25, 0.3) is 0 Å². The molecule has 0 amide bonds. The van der Waals surface area contributed by atoms with Crippen LogP contribution in [0.4, 0.5) is 0 Å². The maximum atomic E-state index is 11.7. The predicted octanol–water partition coefficient (Wildman–Crippen LogP) is 3.35. The van der Waals surface area contributed by atoms with E-state index >= 15 is 0 Å². The van der Waals surface area contributed by atoms with Crippen LogP contribution in [0.5, 0.6) is 0 Å². The number of benzene rings is 1. The Kier molecular flexibility index (Phi) is 3.97. The fourth-order valence-corrected chi connectivity index (χ4v) is 2.33. The zero-order valence-electron chi connectivity index (χ0n) is 9.64. The van der Waals surface area contributed by atoms with Gasteiger partial charge in [0.25, 0.3) is 0 Å². The van der Waals surface area contributed by atoms with Crippen LogP contribution in [-0.4, -0.2) is 11.0 Å². The third-order valence-electron chi connectivity index (χ3n) is 3.21. The van der Waals surface area contributed by atoms with Crippen molar-refractivity contribution in [3.8, 4) is 0 Å². The van der Waals surface area contributed by atoms with E-state index in [4.69, 9.17) is 0 Å². The highest BCUT2D eigenvalue weighted by Gasteiger charge is 2.14. The molecule has 0 N–H and O–H groups in total. The van der Waals surface area contributed by atoms with E-state index in [1.807, 2.05) is 36.5 Å². The number of hydroxylamine groups is 1. The van der Waals surface area contributed by atoms with Gasteiger partial charge in [0.1, 0.15) is 0 Å². The number of rotatable bonds is 3. The van der Waals surface area contributed by atoms with E-state index < -0.39 is 0 Å². The Hall–Kier alpha value is -1.31. The minimum Gasteiger partial charge on any atom is -0.624 e. The lowest BCUT2D eigenvalue weighted by Gasteiger charge is -2.17. The summed E-state index contributed by atoms with van der Waals surface area (Å²) in [6, 6.07) is 9.93. The zero-order chi connectivity index (χ0) is 11.2. The first-order valence-electron chi connectivity index (χ1n) is 6.17. The van der Waals surface area contributed by atoms with Crippen molar-refractivity contribution in [3.05, 3.63) is 41.1 Å². The molecule has 0 atom stereocenters. The van der Waals surface area contributed by atoms with Gasteiger partial charge in [0, 0.05) is 11.5 Å². The van der Waals surface area contributed by atoms with Gasteiger partial charge in [-0.15, -0.1) is 0 Å². The average molecular weight is 217 g/mol. The van der Waals surface area contributed by atoms with E-state index in [0.29, 0.717) is 12.5 Å². The second kappa shape index (κ2) is 5.69. The van der Waals surface area contributed by atoms with Crippen molar-refractivity contribution in [2.45, 2.75) is 38.6 Å². The van der Waals surface area contributed by atoms with Crippen LogP contribution in [0.3, 0.4) is 0 Å². The lowest BCUT2D eigenvalue weighted by atomic mass is 9.90. The highest BCUT2D eigenvalue weighted by molar-refractivity contribution is 5.55. The van der Waals surface area contributed by atoms with Crippen LogP contribution in [0.1, 0.15) is 37.7 Å². The van der Waals surface area contributed by atoms with Crippen LogP contribution >= 0.6 is 0 Å². The summed E-state index contributed by atoms with van der Waals surface area (Å²) in [5.41, 5.74) is 1.09. The molecule has 0 saturated heterocycles. The summed E-state index contributed by atoms with van der Waals surface area (Å²) in [4.78, 5) is 0. The average Bonchev–Trinajstić information content (AvgIpc) is 2.31. The molecule has 2 nitrogen and oxygen atoms in total. The normalized spacial score (nSPS) is 18.6. The predicted molar refractivity (Wildman–Crippen MR) is 66.4 cm³/mol. The first kappa shape index (κ1) is 11.2. The molecule has 0 unspecified atom stereocenters. The Balaban J connectivity index is 1.91. The van der Waals surface area contributed by atoms with Crippen molar-refractivity contribution < 1.29 is 4.74 Å². The molecule has 2 heteroatoms. The monoisotopic (exact) mass is 217 g/mol. The van der Waals surface area contributed by atoms with Crippen LogP contribution in [0.2, 0.25) is 0 Å². The van der Waals surface area contributed by atoms with Gasteiger partial charge in [-0.3, -0.25) is 0 Å². The molecule has 1 fully saturated rings. The van der Waals surface area contributed by atoms with Crippen LogP contribution in [0.15, 0.2) is 30.3 Å². The molecule has 0 aromatic heterocycles. The first-order chi connectivity index (χ1) is 7.84. The maximum Gasteiger partial charge on any atom is 0.178 e. The van der Waals surface area contributed by atoms with Gasteiger partial charge in [-0.1, -0.05) is 49.6 Å². The SMILES string of the molecule is [O-]/[N+](=C\C1CCCCC1)Cc1ccccc1. The molecule has 86 valence electrons. The summed E-state index contributed by atoms with van der Waals surface area (Å²) in [6.07, 6.45) is 8.15. The van der Waals surface area contributed by atoms with E-state index in [1.165, 1.54) is 32.1 Å². The Morgan fingerprint density at radius 1 is 1.12 bits per heavy atom. The zero-order valence-corrected chi connectivity index (χ0v) is 9.64. The molecule has 0 aliphatic heterocycles. The fourth-order valence-electron chi connectivity index (χ4n) is 2.33. The van der Waals surface area contributed by atoms with Gasteiger partial charge in [0.05, 0.1) is 0 Å². The molecule has 2 rings (SSSR count). The lowest BCUT2D eigenvalue weighted by molar-refractivity contribution is -0.472. The van der Waals surface area contributed by atoms with E-state index in [2.05, 4.69) is 0 Å². The topological polar surface area (TPSA) is 26.1 Å². The fraction of sp³-hybridized carbons (Fsp3) is 0.500. The van der Waals surface area contributed by atoms with E-state index in [9.17, 15) is 5.21 Å². The van der Waals surface area contributed by atoms with Crippen molar-refractivity contribution in [2.75, 3.05) is 0 Å². The summed E-state index contributed by atoms with van der Waals surface area (Å²) < 4.78 is 1.10. The highest BCUT2D eigenvalue weighted by Crippen LogP contribution is 2.21. The molecule has 1 aromatic rings. The minimum absolute atomic E-state index is 0.483. The maximum absolute atomic E-state index is 11.7. The van der Waals surface area contributed by atoms with Crippen molar-refractivity contribution >= 4 is 6.21 Å². The van der Waals surface area contributed by atoms with Gasteiger partial charge >= 0.3 is 0 Å². The van der Waals surface area contributed by atoms with Crippen LogP contribution < -0.4 is 0 Å². The highest BCUT2D eigenvalue weighted by atomic mass is 16.5. The second-order valence-corrected chi connectivity index (χ2v) is 4.61. The molecule has 1 aliphatic rings. The summed E-state index contributed by atoms with van der Waals surface area (Å²) in [7, 11) is 0. The second-order valence-electron chi connectivity index (χ2n) is 4.61. The minimum atomic E-state index is 0.483. The Morgan fingerprint density at radius 3 is 2.50 bits per heavy atom. The number of hydrogen-bond donors (Lipinski definition) is 0. The molecule has 0 radical (unpaired) electrons. The number of hydrogen-bond acceptors (Lipinski definition) is 1. The van der Waals surface area contributed by atoms with Gasteiger partial charge in [-0.05, 0) is 12.8 Å². The summed E-state index contributed by atoms with van der Waals surface area (Å²) >= 11 is 0. The van der Waals surface area contributed by atoms with Crippen LogP contribution in [0, 0.1) is 11.1 Å². The first-order valence-corrected chi connectivity index (χ1v) is 6.17. The van der Waals surface area contributed by atoms with Gasteiger partial charge in [-0.25, -0.2) is 4.74 Å². The van der Waals surface area contributed by atoms with Gasteiger partial charge in [0.15, 0.2) is 12.8 Å².